The Balaban J connectivity index is 3.41. The molecule has 5 heteroatoms. The second-order valence-corrected chi connectivity index (χ2v) is 3.99. The molecule has 0 spiro atoms. The van der Waals surface area contributed by atoms with Gasteiger partial charge in [0, 0.05) is 14.5 Å². The van der Waals surface area contributed by atoms with E-state index < -0.39 is 5.97 Å². The molecule has 0 aliphatic heterocycles. The number of carboxylic acid groups (broad SMARTS) is 1. The average molecular weight is 308 g/mol. The molecule has 0 heterocycles. The summed E-state index contributed by atoms with van der Waals surface area (Å²) in [5.74, 6) is -1.12. The summed E-state index contributed by atoms with van der Waals surface area (Å²) in [6, 6.07) is 2.84. The molecule has 0 aromatic heterocycles. The molecule has 0 aliphatic rings. The van der Waals surface area contributed by atoms with Crippen molar-refractivity contribution < 1.29 is 14.7 Å². The van der Waals surface area contributed by atoms with Gasteiger partial charge in [-0.05, 0) is 44.0 Å². The topological polar surface area (TPSA) is 54.4 Å². The summed E-state index contributed by atoms with van der Waals surface area (Å²) < 4.78 is 1.26. The molecule has 0 radical (unpaired) electrons. The SMILES string of the molecule is O=Cc1cc(Br)c(Br)cc1C(=O)O. The Morgan fingerprint density at radius 3 is 2.31 bits per heavy atom. The van der Waals surface area contributed by atoms with Gasteiger partial charge in [-0.2, -0.15) is 0 Å². The fourth-order valence-corrected chi connectivity index (χ4v) is 1.55. The van der Waals surface area contributed by atoms with Gasteiger partial charge in [-0.15, -0.1) is 0 Å². The number of aldehydes is 1. The van der Waals surface area contributed by atoms with Crippen LogP contribution in [0.25, 0.3) is 0 Å². The summed E-state index contributed by atoms with van der Waals surface area (Å²) in [5.41, 5.74) is 0.146. The second-order valence-electron chi connectivity index (χ2n) is 2.28. The van der Waals surface area contributed by atoms with Crippen LogP contribution in [0.2, 0.25) is 0 Å². The predicted octanol–water partition coefficient (Wildman–Crippen LogP) is 2.72. The van der Waals surface area contributed by atoms with Crippen LogP contribution in [0, 0.1) is 0 Å². The number of benzene rings is 1. The minimum absolute atomic E-state index is 0.00919. The summed E-state index contributed by atoms with van der Waals surface area (Å²) in [5, 5.41) is 8.72. The molecule has 13 heavy (non-hydrogen) atoms. The number of carbonyl (C=O) groups is 2. The van der Waals surface area contributed by atoms with Crippen LogP contribution in [0.3, 0.4) is 0 Å². The predicted molar refractivity (Wildman–Crippen MR) is 54.2 cm³/mol. The molecule has 1 aromatic carbocycles. The van der Waals surface area contributed by atoms with Crippen molar-refractivity contribution in [1.82, 2.24) is 0 Å². The number of rotatable bonds is 2. The fraction of sp³-hybridized carbons (Fsp3) is 0. The molecule has 0 saturated heterocycles. The summed E-state index contributed by atoms with van der Waals surface area (Å²) in [4.78, 5) is 21.1. The molecule has 0 atom stereocenters. The molecule has 0 fully saturated rings. The van der Waals surface area contributed by atoms with Gasteiger partial charge in [0.1, 0.15) is 0 Å². The molecule has 0 amide bonds. The maximum Gasteiger partial charge on any atom is 0.336 e. The normalized spacial score (nSPS) is 9.69. The van der Waals surface area contributed by atoms with Crippen molar-refractivity contribution in [3.63, 3.8) is 0 Å². The highest BCUT2D eigenvalue weighted by Gasteiger charge is 2.11. The Hall–Kier alpha value is -0.680. The van der Waals surface area contributed by atoms with E-state index in [1.807, 2.05) is 0 Å². The molecular formula is C8H4Br2O3. The van der Waals surface area contributed by atoms with E-state index >= 15 is 0 Å². The van der Waals surface area contributed by atoms with Crippen molar-refractivity contribution in [3.8, 4) is 0 Å². The number of carbonyl (C=O) groups excluding carboxylic acids is 1. The number of hydrogen-bond donors (Lipinski definition) is 1. The number of carboxylic acids is 1. The van der Waals surface area contributed by atoms with Crippen LogP contribution >= 0.6 is 31.9 Å². The van der Waals surface area contributed by atoms with Crippen molar-refractivity contribution in [2.24, 2.45) is 0 Å². The lowest BCUT2D eigenvalue weighted by Gasteiger charge is -2.01. The van der Waals surface area contributed by atoms with Gasteiger partial charge >= 0.3 is 5.97 Å². The first-order valence-electron chi connectivity index (χ1n) is 3.23. The van der Waals surface area contributed by atoms with Crippen molar-refractivity contribution in [2.75, 3.05) is 0 Å². The molecule has 0 bridgehead atoms. The molecular weight excluding hydrogens is 304 g/mol. The van der Waals surface area contributed by atoms with Crippen LogP contribution < -0.4 is 0 Å². The standard InChI is InChI=1S/C8H4Br2O3/c9-6-1-4(3-11)5(8(12)13)2-7(6)10/h1-3H,(H,12,13). The van der Waals surface area contributed by atoms with Gasteiger partial charge in [-0.25, -0.2) is 4.79 Å². The molecule has 0 saturated carbocycles. The highest BCUT2D eigenvalue weighted by molar-refractivity contribution is 9.13. The maximum absolute atomic E-state index is 10.6. The summed E-state index contributed by atoms with van der Waals surface area (Å²) >= 11 is 6.32. The third kappa shape index (κ3) is 2.16. The van der Waals surface area contributed by atoms with Crippen LogP contribution in [0.4, 0.5) is 0 Å². The van der Waals surface area contributed by atoms with Gasteiger partial charge in [-0.3, -0.25) is 4.79 Å². The summed E-state index contributed by atoms with van der Waals surface area (Å²) in [7, 11) is 0. The third-order valence-corrected chi connectivity index (χ3v) is 3.29. The second kappa shape index (κ2) is 4.02. The fourth-order valence-electron chi connectivity index (χ4n) is 0.845. The Labute approximate surface area is 91.0 Å². The summed E-state index contributed by atoms with van der Waals surface area (Å²) in [6.45, 7) is 0. The van der Waals surface area contributed by atoms with E-state index in [2.05, 4.69) is 31.9 Å². The van der Waals surface area contributed by atoms with E-state index in [1.165, 1.54) is 12.1 Å². The highest BCUT2D eigenvalue weighted by atomic mass is 79.9. The Morgan fingerprint density at radius 2 is 1.85 bits per heavy atom. The molecule has 1 N–H and O–H groups in total. The van der Waals surface area contributed by atoms with Gasteiger partial charge in [0.15, 0.2) is 6.29 Å². The zero-order chi connectivity index (χ0) is 10.0. The molecule has 0 aliphatic carbocycles. The van der Waals surface area contributed by atoms with Crippen molar-refractivity contribution in [3.05, 3.63) is 32.2 Å². The quantitative estimate of drug-likeness (QED) is 0.855. The van der Waals surface area contributed by atoms with Crippen molar-refractivity contribution in [1.29, 1.82) is 0 Å². The summed E-state index contributed by atoms with van der Waals surface area (Å²) in [6.07, 6.45) is 0.515. The molecule has 3 nitrogen and oxygen atoms in total. The first-order valence-corrected chi connectivity index (χ1v) is 4.82. The van der Waals surface area contributed by atoms with Gasteiger partial charge in [0.2, 0.25) is 0 Å². The number of halogens is 2. The van der Waals surface area contributed by atoms with Gasteiger partial charge in [0.25, 0.3) is 0 Å². The molecule has 1 rings (SSSR count). The Morgan fingerprint density at radius 1 is 1.31 bits per heavy atom. The Bertz CT molecular complexity index is 374. The zero-order valence-corrected chi connectivity index (χ0v) is 9.42. The highest BCUT2D eigenvalue weighted by Crippen LogP contribution is 2.26. The third-order valence-electron chi connectivity index (χ3n) is 1.45. The van der Waals surface area contributed by atoms with Crippen molar-refractivity contribution in [2.45, 2.75) is 0 Å². The van der Waals surface area contributed by atoms with Crippen LogP contribution in [0.15, 0.2) is 21.1 Å². The van der Waals surface area contributed by atoms with Crippen LogP contribution in [-0.2, 0) is 0 Å². The van der Waals surface area contributed by atoms with E-state index in [-0.39, 0.29) is 11.1 Å². The lowest BCUT2D eigenvalue weighted by molar-refractivity contribution is 0.0694. The van der Waals surface area contributed by atoms with Crippen LogP contribution in [0.1, 0.15) is 20.7 Å². The van der Waals surface area contributed by atoms with E-state index in [9.17, 15) is 9.59 Å². The smallest absolute Gasteiger partial charge is 0.336 e. The van der Waals surface area contributed by atoms with E-state index in [4.69, 9.17) is 5.11 Å². The van der Waals surface area contributed by atoms with E-state index in [0.717, 1.165) is 0 Å². The molecule has 68 valence electrons. The average Bonchev–Trinajstić information content (AvgIpc) is 2.08. The Kier molecular flexibility index (Phi) is 3.22. The molecule has 0 unspecified atom stereocenters. The van der Waals surface area contributed by atoms with Gasteiger partial charge in [-0.1, -0.05) is 0 Å². The minimum atomic E-state index is -1.12. The van der Waals surface area contributed by atoms with Crippen LogP contribution in [-0.4, -0.2) is 17.4 Å². The monoisotopic (exact) mass is 306 g/mol. The number of aromatic carboxylic acids is 1. The van der Waals surface area contributed by atoms with E-state index in [1.54, 1.807) is 0 Å². The maximum atomic E-state index is 10.6. The zero-order valence-electron chi connectivity index (χ0n) is 6.25. The lowest BCUT2D eigenvalue weighted by atomic mass is 10.1. The molecule has 1 aromatic rings. The minimum Gasteiger partial charge on any atom is -0.478 e. The number of hydrogen-bond acceptors (Lipinski definition) is 2. The van der Waals surface area contributed by atoms with Gasteiger partial charge < -0.3 is 5.11 Å². The van der Waals surface area contributed by atoms with Crippen LogP contribution in [0.5, 0.6) is 0 Å². The lowest BCUT2D eigenvalue weighted by Crippen LogP contribution is -2.01. The first-order chi connectivity index (χ1) is 6.06. The van der Waals surface area contributed by atoms with Gasteiger partial charge in [0.05, 0.1) is 5.56 Å². The van der Waals surface area contributed by atoms with Crippen molar-refractivity contribution >= 4 is 44.1 Å². The first kappa shape index (κ1) is 10.4. The largest absolute Gasteiger partial charge is 0.478 e. The van der Waals surface area contributed by atoms with E-state index in [0.29, 0.717) is 15.2 Å².